The molecule has 2 aromatic carbocycles. The van der Waals surface area contributed by atoms with Crippen LogP contribution in [0.5, 0.6) is 5.75 Å². The average molecular weight is 362 g/mol. The van der Waals surface area contributed by atoms with E-state index in [1.165, 1.54) is 24.8 Å². The lowest BCUT2D eigenvalue weighted by Gasteiger charge is -2.33. The number of carbonyl (C=O) groups excluding carboxylic acids is 2. The predicted molar refractivity (Wildman–Crippen MR) is 103 cm³/mol. The molecule has 2 aromatic rings. The zero-order chi connectivity index (χ0) is 19.6. The van der Waals surface area contributed by atoms with Gasteiger partial charge in [0.2, 0.25) is 5.78 Å². The Balaban J connectivity index is 1.90. The number of phenolic OH excluding ortho intramolecular Hbond substituents is 1. The Morgan fingerprint density at radius 3 is 2.63 bits per heavy atom. The van der Waals surface area contributed by atoms with Gasteiger partial charge in [0.15, 0.2) is 0 Å². The largest absolute Gasteiger partial charge is 0.507 e. The van der Waals surface area contributed by atoms with Gasteiger partial charge in [0, 0.05) is 11.1 Å². The summed E-state index contributed by atoms with van der Waals surface area (Å²) in [6, 6.07) is 10.2. The zero-order valence-electron chi connectivity index (χ0n) is 15.8. The van der Waals surface area contributed by atoms with Gasteiger partial charge in [0.25, 0.3) is 0 Å². The van der Waals surface area contributed by atoms with Crippen LogP contribution in [0.15, 0.2) is 36.4 Å². The monoisotopic (exact) mass is 362 g/mol. The number of phenols is 1. The quantitative estimate of drug-likeness (QED) is 0.498. The number of ether oxygens (including phenoxy) is 1. The Labute approximate surface area is 159 Å². The number of Topliss-reactive ketones (excluding diaryl/α,β-unsaturated/α-hetero) is 1. The SMILES string of the molecule is COC(=O)c1ccc(C#CC(=O)c2cccc3c2CCCC3(C)C)cc1O. The third kappa shape index (κ3) is 3.73. The van der Waals surface area contributed by atoms with Crippen LogP contribution in [-0.4, -0.2) is 24.0 Å². The summed E-state index contributed by atoms with van der Waals surface area (Å²) in [5.74, 6) is 4.37. The summed E-state index contributed by atoms with van der Waals surface area (Å²) in [4.78, 5) is 24.2. The van der Waals surface area contributed by atoms with Crippen molar-refractivity contribution in [1.29, 1.82) is 0 Å². The van der Waals surface area contributed by atoms with Gasteiger partial charge in [-0.3, -0.25) is 4.79 Å². The molecule has 3 rings (SSSR count). The number of ketones is 1. The second kappa shape index (κ2) is 7.28. The number of aromatic hydroxyl groups is 1. The molecule has 1 N–H and O–H groups in total. The van der Waals surface area contributed by atoms with Gasteiger partial charge < -0.3 is 9.84 Å². The van der Waals surface area contributed by atoms with Crippen LogP contribution in [0, 0.1) is 11.8 Å². The molecule has 27 heavy (non-hydrogen) atoms. The summed E-state index contributed by atoms with van der Waals surface area (Å²) >= 11 is 0. The molecule has 0 aromatic heterocycles. The molecule has 4 heteroatoms. The molecule has 0 bridgehead atoms. The summed E-state index contributed by atoms with van der Waals surface area (Å²) in [5.41, 5.74) is 3.56. The normalized spacial score (nSPS) is 14.5. The van der Waals surface area contributed by atoms with E-state index in [-0.39, 0.29) is 22.5 Å². The van der Waals surface area contributed by atoms with Crippen molar-refractivity contribution in [3.05, 3.63) is 64.2 Å². The Hall–Kier alpha value is -3.06. The van der Waals surface area contributed by atoms with Crippen LogP contribution in [0.2, 0.25) is 0 Å². The van der Waals surface area contributed by atoms with E-state index in [2.05, 4.69) is 36.5 Å². The molecule has 0 saturated heterocycles. The van der Waals surface area contributed by atoms with Gasteiger partial charge in [0.05, 0.1) is 7.11 Å². The molecule has 0 aliphatic heterocycles. The Kier molecular flexibility index (Phi) is 5.05. The summed E-state index contributed by atoms with van der Waals surface area (Å²) in [7, 11) is 1.25. The van der Waals surface area contributed by atoms with Crippen molar-refractivity contribution in [2.24, 2.45) is 0 Å². The van der Waals surface area contributed by atoms with E-state index >= 15 is 0 Å². The van der Waals surface area contributed by atoms with Crippen molar-refractivity contribution in [3.63, 3.8) is 0 Å². The fourth-order valence-electron chi connectivity index (χ4n) is 3.63. The molecule has 138 valence electrons. The Morgan fingerprint density at radius 2 is 1.93 bits per heavy atom. The number of esters is 1. The molecule has 1 aliphatic rings. The highest BCUT2D eigenvalue weighted by Gasteiger charge is 2.29. The van der Waals surface area contributed by atoms with Crippen molar-refractivity contribution in [2.75, 3.05) is 7.11 Å². The Morgan fingerprint density at radius 1 is 1.15 bits per heavy atom. The van der Waals surface area contributed by atoms with Crippen LogP contribution in [0.3, 0.4) is 0 Å². The number of hydrogen-bond donors (Lipinski definition) is 1. The molecule has 0 fully saturated rings. The number of methoxy groups -OCH3 is 1. The minimum atomic E-state index is -0.624. The molecule has 4 nitrogen and oxygen atoms in total. The first-order valence-electron chi connectivity index (χ1n) is 8.93. The first-order valence-corrected chi connectivity index (χ1v) is 8.93. The van der Waals surface area contributed by atoms with Gasteiger partial charge in [-0.2, -0.15) is 0 Å². The lowest BCUT2D eigenvalue weighted by Crippen LogP contribution is -2.25. The number of carbonyl (C=O) groups is 2. The molecular weight excluding hydrogens is 340 g/mol. The van der Waals surface area contributed by atoms with Crippen molar-refractivity contribution in [2.45, 2.75) is 38.5 Å². The van der Waals surface area contributed by atoms with Crippen LogP contribution in [-0.2, 0) is 16.6 Å². The molecule has 0 saturated carbocycles. The minimum Gasteiger partial charge on any atom is -0.507 e. The molecule has 0 unspecified atom stereocenters. The predicted octanol–water partition coefficient (Wildman–Crippen LogP) is 4.03. The highest BCUT2D eigenvalue weighted by molar-refractivity contribution is 6.10. The van der Waals surface area contributed by atoms with E-state index in [4.69, 9.17) is 0 Å². The summed E-state index contributed by atoms with van der Waals surface area (Å²) in [5, 5.41) is 9.94. The number of fused-ring (bicyclic) bond motifs is 1. The second-order valence-corrected chi connectivity index (χ2v) is 7.37. The maximum absolute atomic E-state index is 12.7. The van der Waals surface area contributed by atoms with E-state index in [1.54, 1.807) is 6.07 Å². The van der Waals surface area contributed by atoms with Crippen LogP contribution >= 0.6 is 0 Å². The molecule has 0 heterocycles. The highest BCUT2D eigenvalue weighted by atomic mass is 16.5. The molecule has 0 atom stereocenters. The van der Waals surface area contributed by atoms with E-state index < -0.39 is 5.97 Å². The van der Waals surface area contributed by atoms with Gasteiger partial charge in [-0.1, -0.05) is 38.0 Å². The fraction of sp³-hybridized carbons (Fsp3) is 0.304. The molecule has 1 aliphatic carbocycles. The van der Waals surface area contributed by atoms with Crippen molar-refractivity contribution in [3.8, 4) is 17.6 Å². The van der Waals surface area contributed by atoms with Gasteiger partial charge in [-0.05, 0) is 59.9 Å². The van der Waals surface area contributed by atoms with Gasteiger partial charge in [-0.15, -0.1) is 0 Å². The van der Waals surface area contributed by atoms with Crippen LogP contribution in [0.1, 0.15) is 64.1 Å². The van der Waals surface area contributed by atoms with E-state index in [0.717, 1.165) is 24.8 Å². The second-order valence-electron chi connectivity index (χ2n) is 7.37. The highest BCUT2D eigenvalue weighted by Crippen LogP contribution is 2.38. The topological polar surface area (TPSA) is 63.6 Å². The smallest absolute Gasteiger partial charge is 0.341 e. The molecule has 0 radical (unpaired) electrons. The number of rotatable bonds is 2. The molecular formula is C23H22O4. The summed E-state index contributed by atoms with van der Waals surface area (Å²) in [6.07, 6.45) is 3.05. The fourth-order valence-corrected chi connectivity index (χ4v) is 3.63. The van der Waals surface area contributed by atoms with Gasteiger partial charge in [-0.25, -0.2) is 4.79 Å². The van der Waals surface area contributed by atoms with E-state index in [0.29, 0.717) is 11.1 Å². The van der Waals surface area contributed by atoms with Crippen molar-refractivity contribution >= 4 is 11.8 Å². The lowest BCUT2D eigenvalue weighted by atomic mass is 9.71. The van der Waals surface area contributed by atoms with Crippen molar-refractivity contribution in [1.82, 2.24) is 0 Å². The first kappa shape index (κ1) is 18.7. The van der Waals surface area contributed by atoms with E-state index in [1.807, 2.05) is 12.1 Å². The minimum absolute atomic E-state index is 0.0623. The maximum Gasteiger partial charge on any atom is 0.341 e. The molecule has 0 spiro atoms. The van der Waals surface area contributed by atoms with Crippen LogP contribution in [0.4, 0.5) is 0 Å². The number of benzene rings is 2. The van der Waals surface area contributed by atoms with Gasteiger partial charge >= 0.3 is 5.97 Å². The lowest BCUT2D eigenvalue weighted by molar-refractivity contribution is 0.0597. The third-order valence-electron chi connectivity index (χ3n) is 5.10. The maximum atomic E-state index is 12.7. The van der Waals surface area contributed by atoms with E-state index in [9.17, 15) is 14.7 Å². The standard InChI is InChI=1S/C23H22O4/c1-23(2)13-5-7-16-17(6-4-8-19(16)23)20(24)12-10-15-9-11-18(21(25)14-15)22(26)27-3/h4,6,8-9,11,14,25H,5,7,13H2,1-3H3. The zero-order valence-corrected chi connectivity index (χ0v) is 15.8. The first-order chi connectivity index (χ1) is 12.8. The molecule has 0 amide bonds. The van der Waals surface area contributed by atoms with Crippen LogP contribution in [0.25, 0.3) is 0 Å². The number of hydrogen-bond acceptors (Lipinski definition) is 4. The van der Waals surface area contributed by atoms with Crippen LogP contribution < -0.4 is 0 Å². The summed E-state index contributed by atoms with van der Waals surface area (Å²) in [6.45, 7) is 4.41. The summed E-state index contributed by atoms with van der Waals surface area (Å²) < 4.78 is 4.59. The third-order valence-corrected chi connectivity index (χ3v) is 5.10. The van der Waals surface area contributed by atoms with Gasteiger partial charge in [0.1, 0.15) is 11.3 Å². The average Bonchev–Trinajstić information content (AvgIpc) is 2.65. The van der Waals surface area contributed by atoms with Crippen molar-refractivity contribution < 1.29 is 19.4 Å². The Bertz CT molecular complexity index is 974.